The molecule has 2 unspecified atom stereocenters. The van der Waals surface area contributed by atoms with E-state index in [0.717, 1.165) is 19.4 Å². The van der Waals surface area contributed by atoms with Crippen molar-refractivity contribution in [2.24, 2.45) is 5.92 Å². The summed E-state index contributed by atoms with van der Waals surface area (Å²) in [6.07, 6.45) is 2.94. The zero-order valence-corrected chi connectivity index (χ0v) is 12.5. The Hall–Kier alpha value is -1.35. The molecule has 1 aromatic carbocycles. The molecule has 1 fully saturated rings. The molecule has 1 saturated heterocycles. The van der Waals surface area contributed by atoms with E-state index in [1.807, 2.05) is 18.2 Å². The largest absolute Gasteiger partial charge is 0.376 e. The molecule has 0 aromatic heterocycles. The molecule has 1 aliphatic heterocycles. The maximum Gasteiger partial charge on any atom is 0.220 e. The predicted molar refractivity (Wildman–Crippen MR) is 80.6 cm³/mol. The van der Waals surface area contributed by atoms with Crippen molar-refractivity contribution in [1.29, 1.82) is 0 Å². The summed E-state index contributed by atoms with van der Waals surface area (Å²) in [5.74, 6) is 0.856. The van der Waals surface area contributed by atoms with Gasteiger partial charge in [-0.3, -0.25) is 4.79 Å². The van der Waals surface area contributed by atoms with Crippen LogP contribution in [0.4, 0.5) is 0 Å². The van der Waals surface area contributed by atoms with Crippen LogP contribution in [0.5, 0.6) is 0 Å². The Morgan fingerprint density at radius 3 is 2.70 bits per heavy atom. The van der Waals surface area contributed by atoms with Crippen LogP contribution in [0.1, 0.15) is 44.6 Å². The fraction of sp³-hybridized carbons (Fsp3) is 0.588. The van der Waals surface area contributed by atoms with Gasteiger partial charge in [-0.1, -0.05) is 44.2 Å². The van der Waals surface area contributed by atoms with E-state index >= 15 is 0 Å². The van der Waals surface area contributed by atoms with Gasteiger partial charge in [0.25, 0.3) is 0 Å². The molecule has 0 bridgehead atoms. The SMILES string of the molecule is CC(C)C(CC(=O)NCC1CCCO1)c1ccccc1. The highest BCUT2D eigenvalue weighted by Crippen LogP contribution is 2.27. The van der Waals surface area contributed by atoms with E-state index in [-0.39, 0.29) is 17.9 Å². The van der Waals surface area contributed by atoms with E-state index in [4.69, 9.17) is 4.74 Å². The number of amides is 1. The molecular formula is C17H25NO2. The third-order valence-corrected chi connectivity index (χ3v) is 3.99. The van der Waals surface area contributed by atoms with Crippen molar-refractivity contribution in [1.82, 2.24) is 5.32 Å². The lowest BCUT2D eigenvalue weighted by Crippen LogP contribution is -2.33. The first kappa shape index (κ1) is 15.0. The maximum atomic E-state index is 12.1. The minimum absolute atomic E-state index is 0.128. The lowest BCUT2D eigenvalue weighted by molar-refractivity contribution is -0.122. The van der Waals surface area contributed by atoms with Crippen molar-refractivity contribution >= 4 is 5.91 Å². The number of carbonyl (C=O) groups excluding carboxylic acids is 1. The van der Waals surface area contributed by atoms with Gasteiger partial charge in [-0.05, 0) is 30.2 Å². The summed E-state index contributed by atoms with van der Waals surface area (Å²) in [6, 6.07) is 10.3. The molecule has 0 spiro atoms. The Morgan fingerprint density at radius 2 is 2.10 bits per heavy atom. The standard InChI is InChI=1S/C17H25NO2/c1-13(2)16(14-7-4-3-5-8-14)11-17(19)18-12-15-9-6-10-20-15/h3-5,7-8,13,15-16H,6,9-12H2,1-2H3,(H,18,19). The highest BCUT2D eigenvalue weighted by atomic mass is 16.5. The zero-order chi connectivity index (χ0) is 14.4. The fourth-order valence-corrected chi connectivity index (χ4v) is 2.74. The average Bonchev–Trinajstić information content (AvgIpc) is 2.96. The summed E-state index contributed by atoms with van der Waals surface area (Å²) in [6.45, 7) is 5.83. The van der Waals surface area contributed by atoms with Crippen LogP contribution in [-0.2, 0) is 9.53 Å². The van der Waals surface area contributed by atoms with Crippen LogP contribution < -0.4 is 5.32 Å². The number of benzene rings is 1. The van der Waals surface area contributed by atoms with Crippen LogP contribution in [0.2, 0.25) is 0 Å². The minimum atomic E-state index is 0.128. The van der Waals surface area contributed by atoms with E-state index in [9.17, 15) is 4.79 Å². The summed E-state index contributed by atoms with van der Waals surface area (Å²) < 4.78 is 5.53. The molecule has 2 rings (SSSR count). The second kappa shape index (κ2) is 7.44. The Labute approximate surface area is 121 Å². The Kier molecular flexibility index (Phi) is 5.60. The van der Waals surface area contributed by atoms with Gasteiger partial charge < -0.3 is 10.1 Å². The molecule has 1 aromatic rings. The lowest BCUT2D eigenvalue weighted by Gasteiger charge is -2.21. The van der Waals surface area contributed by atoms with E-state index < -0.39 is 0 Å². The van der Waals surface area contributed by atoms with Crippen LogP contribution in [-0.4, -0.2) is 25.2 Å². The molecule has 2 atom stereocenters. The molecule has 0 aliphatic carbocycles. The third-order valence-electron chi connectivity index (χ3n) is 3.99. The van der Waals surface area contributed by atoms with Crippen LogP contribution in [0.15, 0.2) is 30.3 Å². The molecule has 1 N–H and O–H groups in total. The van der Waals surface area contributed by atoms with Gasteiger partial charge in [-0.15, -0.1) is 0 Å². The van der Waals surface area contributed by atoms with Crippen molar-refractivity contribution in [3.8, 4) is 0 Å². The number of carbonyl (C=O) groups is 1. The molecular weight excluding hydrogens is 250 g/mol. The van der Waals surface area contributed by atoms with Gasteiger partial charge in [-0.2, -0.15) is 0 Å². The van der Waals surface area contributed by atoms with Crippen LogP contribution >= 0.6 is 0 Å². The monoisotopic (exact) mass is 275 g/mol. The molecule has 3 heteroatoms. The first-order chi connectivity index (χ1) is 9.66. The maximum absolute atomic E-state index is 12.1. The first-order valence-corrected chi connectivity index (χ1v) is 7.60. The van der Waals surface area contributed by atoms with E-state index in [0.29, 0.717) is 18.9 Å². The lowest BCUT2D eigenvalue weighted by atomic mass is 9.85. The van der Waals surface area contributed by atoms with Gasteiger partial charge in [-0.25, -0.2) is 0 Å². The smallest absolute Gasteiger partial charge is 0.220 e. The van der Waals surface area contributed by atoms with Gasteiger partial charge in [0.2, 0.25) is 5.91 Å². The molecule has 1 heterocycles. The van der Waals surface area contributed by atoms with Gasteiger partial charge in [0.05, 0.1) is 6.10 Å². The summed E-state index contributed by atoms with van der Waals surface area (Å²) in [5, 5.41) is 3.02. The molecule has 20 heavy (non-hydrogen) atoms. The van der Waals surface area contributed by atoms with Crippen molar-refractivity contribution < 1.29 is 9.53 Å². The minimum Gasteiger partial charge on any atom is -0.376 e. The average molecular weight is 275 g/mol. The van der Waals surface area contributed by atoms with Crippen LogP contribution in [0.25, 0.3) is 0 Å². The van der Waals surface area contributed by atoms with Gasteiger partial charge in [0, 0.05) is 19.6 Å². The highest BCUT2D eigenvalue weighted by Gasteiger charge is 2.21. The van der Waals surface area contributed by atoms with E-state index in [2.05, 4.69) is 31.3 Å². The summed E-state index contributed by atoms with van der Waals surface area (Å²) in [7, 11) is 0. The number of rotatable bonds is 6. The number of hydrogen-bond donors (Lipinski definition) is 1. The second-order valence-corrected chi connectivity index (χ2v) is 5.90. The van der Waals surface area contributed by atoms with Crippen LogP contribution in [0.3, 0.4) is 0 Å². The second-order valence-electron chi connectivity index (χ2n) is 5.90. The fourth-order valence-electron chi connectivity index (χ4n) is 2.74. The zero-order valence-electron chi connectivity index (χ0n) is 12.5. The molecule has 1 aliphatic rings. The Bertz CT molecular complexity index is 410. The summed E-state index contributed by atoms with van der Waals surface area (Å²) in [4.78, 5) is 12.1. The van der Waals surface area contributed by atoms with Crippen molar-refractivity contribution in [2.75, 3.05) is 13.2 Å². The summed E-state index contributed by atoms with van der Waals surface area (Å²) in [5.41, 5.74) is 1.25. The van der Waals surface area contributed by atoms with Crippen LogP contribution in [0, 0.1) is 5.92 Å². The number of ether oxygens (including phenoxy) is 1. The summed E-state index contributed by atoms with van der Waals surface area (Å²) >= 11 is 0. The van der Waals surface area contributed by atoms with Crippen molar-refractivity contribution in [3.63, 3.8) is 0 Å². The Balaban J connectivity index is 1.86. The Morgan fingerprint density at radius 1 is 1.35 bits per heavy atom. The molecule has 110 valence electrons. The first-order valence-electron chi connectivity index (χ1n) is 7.60. The number of nitrogens with one attached hydrogen (secondary N) is 1. The molecule has 3 nitrogen and oxygen atoms in total. The quantitative estimate of drug-likeness (QED) is 0.866. The highest BCUT2D eigenvalue weighted by molar-refractivity contribution is 5.76. The van der Waals surface area contributed by atoms with Crippen molar-refractivity contribution in [3.05, 3.63) is 35.9 Å². The van der Waals surface area contributed by atoms with E-state index in [1.54, 1.807) is 0 Å². The number of hydrogen-bond acceptors (Lipinski definition) is 2. The van der Waals surface area contributed by atoms with E-state index in [1.165, 1.54) is 5.56 Å². The molecule has 0 saturated carbocycles. The third kappa shape index (κ3) is 4.34. The normalized spacial score (nSPS) is 20.1. The van der Waals surface area contributed by atoms with Gasteiger partial charge >= 0.3 is 0 Å². The van der Waals surface area contributed by atoms with Crippen molar-refractivity contribution in [2.45, 2.75) is 45.1 Å². The topological polar surface area (TPSA) is 38.3 Å². The van der Waals surface area contributed by atoms with Gasteiger partial charge in [0.15, 0.2) is 0 Å². The molecule has 1 amide bonds. The van der Waals surface area contributed by atoms with Gasteiger partial charge in [0.1, 0.15) is 0 Å². The predicted octanol–water partition coefficient (Wildman–Crippen LogP) is 3.11. The molecule has 0 radical (unpaired) electrons.